The molecule has 7 heteroatoms. The first-order valence-corrected chi connectivity index (χ1v) is 6.76. The van der Waals surface area contributed by atoms with Crippen LogP contribution in [0.2, 0.25) is 0 Å². The van der Waals surface area contributed by atoms with Gasteiger partial charge < -0.3 is 15.7 Å². The maximum absolute atomic E-state index is 11.6. The van der Waals surface area contributed by atoms with Crippen LogP contribution in [0, 0.1) is 0 Å². The summed E-state index contributed by atoms with van der Waals surface area (Å²) in [5.41, 5.74) is 0. The molecular formula is C12H16N2O4S. The summed E-state index contributed by atoms with van der Waals surface area (Å²) >= 11 is 1.27. The van der Waals surface area contributed by atoms with Crippen LogP contribution in [0.5, 0.6) is 0 Å². The van der Waals surface area contributed by atoms with E-state index in [1.165, 1.54) is 11.3 Å². The van der Waals surface area contributed by atoms with Gasteiger partial charge in [-0.3, -0.25) is 9.59 Å². The van der Waals surface area contributed by atoms with E-state index in [4.69, 9.17) is 5.11 Å². The van der Waals surface area contributed by atoms with Crippen LogP contribution in [0.3, 0.4) is 0 Å². The van der Waals surface area contributed by atoms with E-state index in [-0.39, 0.29) is 12.5 Å². The van der Waals surface area contributed by atoms with E-state index in [0.717, 1.165) is 0 Å². The molecule has 0 aliphatic carbocycles. The smallest absolute Gasteiger partial charge is 0.326 e. The molecule has 1 rings (SSSR count). The Hall–Kier alpha value is -1.89. The van der Waals surface area contributed by atoms with Crippen LogP contribution >= 0.6 is 11.3 Å². The zero-order valence-electron chi connectivity index (χ0n) is 10.5. The van der Waals surface area contributed by atoms with E-state index in [0.29, 0.717) is 17.7 Å². The normalized spacial score (nSPS) is 11.6. The van der Waals surface area contributed by atoms with E-state index in [1.54, 1.807) is 17.5 Å². The van der Waals surface area contributed by atoms with Crippen LogP contribution in [-0.4, -0.2) is 35.5 Å². The predicted molar refractivity (Wildman–Crippen MR) is 71.1 cm³/mol. The van der Waals surface area contributed by atoms with E-state index >= 15 is 0 Å². The number of carboxylic acid groups (broad SMARTS) is 1. The van der Waals surface area contributed by atoms with Crippen LogP contribution in [0.1, 0.15) is 29.4 Å². The Kier molecular flexibility index (Phi) is 6.01. The average Bonchev–Trinajstić information content (AvgIpc) is 2.89. The van der Waals surface area contributed by atoms with E-state index in [1.807, 2.05) is 6.92 Å². The zero-order chi connectivity index (χ0) is 14.3. The molecule has 1 atom stereocenters. The Morgan fingerprint density at radius 1 is 1.42 bits per heavy atom. The van der Waals surface area contributed by atoms with Crippen LogP contribution in [0.25, 0.3) is 0 Å². The van der Waals surface area contributed by atoms with Crippen LogP contribution in [-0.2, 0) is 9.59 Å². The topological polar surface area (TPSA) is 95.5 Å². The number of thiophene rings is 1. The Bertz CT molecular complexity index is 445. The van der Waals surface area contributed by atoms with E-state index < -0.39 is 17.9 Å². The molecule has 19 heavy (non-hydrogen) atoms. The molecule has 104 valence electrons. The molecule has 0 radical (unpaired) electrons. The third kappa shape index (κ3) is 5.09. The maximum atomic E-state index is 11.6. The molecule has 0 fully saturated rings. The van der Waals surface area contributed by atoms with E-state index in [2.05, 4.69) is 10.6 Å². The summed E-state index contributed by atoms with van der Waals surface area (Å²) in [7, 11) is 0. The first-order chi connectivity index (χ1) is 9.04. The number of amides is 2. The summed E-state index contributed by atoms with van der Waals surface area (Å²) in [4.78, 5) is 34.4. The molecule has 6 nitrogen and oxygen atoms in total. The van der Waals surface area contributed by atoms with Gasteiger partial charge in [-0.2, -0.15) is 0 Å². The van der Waals surface area contributed by atoms with Crippen molar-refractivity contribution in [2.45, 2.75) is 25.8 Å². The standard InChI is InChI=1S/C12H16N2O4S/c1-2-4-8(12(17)18)14-10(15)7-13-11(16)9-5-3-6-19-9/h3,5-6,8H,2,4,7H2,1H3,(H,13,16)(H,14,15)(H,17,18). The lowest BCUT2D eigenvalue weighted by Gasteiger charge is -2.13. The van der Waals surface area contributed by atoms with Gasteiger partial charge in [0, 0.05) is 0 Å². The van der Waals surface area contributed by atoms with Crippen LogP contribution < -0.4 is 10.6 Å². The number of aliphatic carboxylic acids is 1. The highest BCUT2D eigenvalue weighted by Gasteiger charge is 2.19. The second-order valence-corrected chi connectivity index (χ2v) is 4.85. The molecule has 1 unspecified atom stereocenters. The van der Waals surface area contributed by atoms with Crippen molar-refractivity contribution in [3.05, 3.63) is 22.4 Å². The van der Waals surface area contributed by atoms with Gasteiger partial charge in [0.25, 0.3) is 5.91 Å². The Balaban J connectivity index is 2.38. The fraction of sp³-hybridized carbons (Fsp3) is 0.417. The van der Waals surface area contributed by atoms with Crippen molar-refractivity contribution in [1.82, 2.24) is 10.6 Å². The minimum Gasteiger partial charge on any atom is -0.480 e. The van der Waals surface area contributed by atoms with Crippen molar-refractivity contribution in [2.24, 2.45) is 0 Å². The summed E-state index contributed by atoms with van der Waals surface area (Å²) in [5.74, 6) is -1.92. The lowest BCUT2D eigenvalue weighted by molar-refractivity contribution is -0.141. The molecule has 0 bridgehead atoms. The van der Waals surface area contributed by atoms with Crippen molar-refractivity contribution >= 4 is 29.1 Å². The molecule has 0 aliphatic rings. The van der Waals surface area contributed by atoms with Gasteiger partial charge in [-0.1, -0.05) is 19.4 Å². The van der Waals surface area contributed by atoms with Gasteiger partial charge in [0.15, 0.2) is 0 Å². The summed E-state index contributed by atoms with van der Waals surface area (Å²) in [6, 6.07) is 2.48. The van der Waals surface area contributed by atoms with Gasteiger partial charge in [-0.15, -0.1) is 11.3 Å². The summed E-state index contributed by atoms with van der Waals surface area (Å²) in [5, 5.41) is 15.4. The van der Waals surface area contributed by atoms with Crippen LogP contribution in [0.4, 0.5) is 0 Å². The van der Waals surface area contributed by atoms with Gasteiger partial charge in [-0.05, 0) is 17.9 Å². The third-order valence-electron chi connectivity index (χ3n) is 2.37. The summed E-state index contributed by atoms with van der Waals surface area (Å²) in [6.45, 7) is 1.60. The highest BCUT2D eigenvalue weighted by atomic mass is 32.1. The molecule has 0 aromatic carbocycles. The van der Waals surface area contributed by atoms with Crippen molar-refractivity contribution in [3.8, 4) is 0 Å². The van der Waals surface area contributed by atoms with Gasteiger partial charge >= 0.3 is 5.97 Å². The average molecular weight is 284 g/mol. The zero-order valence-corrected chi connectivity index (χ0v) is 11.3. The maximum Gasteiger partial charge on any atom is 0.326 e. The molecule has 1 aromatic heterocycles. The SMILES string of the molecule is CCCC(NC(=O)CNC(=O)c1cccs1)C(=O)O. The minimum absolute atomic E-state index is 0.232. The van der Waals surface area contributed by atoms with Crippen molar-refractivity contribution in [2.75, 3.05) is 6.54 Å². The number of nitrogens with one attached hydrogen (secondary N) is 2. The predicted octanol–water partition coefficient (Wildman–Crippen LogP) is 0.847. The molecule has 1 heterocycles. The number of hydrogen-bond donors (Lipinski definition) is 3. The lowest BCUT2D eigenvalue weighted by atomic mass is 10.1. The van der Waals surface area contributed by atoms with E-state index in [9.17, 15) is 14.4 Å². The fourth-order valence-electron chi connectivity index (χ4n) is 1.45. The number of carbonyl (C=O) groups excluding carboxylic acids is 2. The van der Waals surface area contributed by atoms with Gasteiger partial charge in [0.1, 0.15) is 6.04 Å². The number of carboxylic acids is 1. The quantitative estimate of drug-likeness (QED) is 0.691. The molecule has 3 N–H and O–H groups in total. The molecule has 0 saturated carbocycles. The van der Waals surface area contributed by atoms with Crippen LogP contribution in [0.15, 0.2) is 17.5 Å². The first kappa shape index (κ1) is 15.2. The summed E-state index contributed by atoms with van der Waals surface area (Å²) < 4.78 is 0. The Labute approximate surface area is 114 Å². The second kappa shape index (κ2) is 7.52. The van der Waals surface area contributed by atoms with Gasteiger partial charge in [0.2, 0.25) is 5.91 Å². The third-order valence-corrected chi connectivity index (χ3v) is 3.23. The fourth-order valence-corrected chi connectivity index (χ4v) is 2.09. The molecule has 0 spiro atoms. The minimum atomic E-state index is -1.07. The highest BCUT2D eigenvalue weighted by molar-refractivity contribution is 7.12. The molecule has 0 aliphatic heterocycles. The summed E-state index contributed by atoms with van der Waals surface area (Å²) in [6.07, 6.45) is 1.01. The largest absolute Gasteiger partial charge is 0.480 e. The Morgan fingerprint density at radius 3 is 2.68 bits per heavy atom. The number of rotatable bonds is 7. The number of hydrogen-bond acceptors (Lipinski definition) is 4. The Morgan fingerprint density at radius 2 is 2.16 bits per heavy atom. The number of carbonyl (C=O) groups is 3. The van der Waals surface area contributed by atoms with Crippen molar-refractivity contribution < 1.29 is 19.5 Å². The highest BCUT2D eigenvalue weighted by Crippen LogP contribution is 2.07. The monoisotopic (exact) mass is 284 g/mol. The second-order valence-electron chi connectivity index (χ2n) is 3.91. The lowest BCUT2D eigenvalue weighted by Crippen LogP contribution is -2.45. The molecule has 2 amide bonds. The van der Waals surface area contributed by atoms with Crippen molar-refractivity contribution in [3.63, 3.8) is 0 Å². The van der Waals surface area contributed by atoms with Crippen molar-refractivity contribution in [1.29, 1.82) is 0 Å². The van der Waals surface area contributed by atoms with Gasteiger partial charge in [-0.25, -0.2) is 4.79 Å². The molecule has 1 aromatic rings. The van der Waals surface area contributed by atoms with Gasteiger partial charge in [0.05, 0.1) is 11.4 Å². The first-order valence-electron chi connectivity index (χ1n) is 5.88. The molecule has 0 saturated heterocycles. The molecular weight excluding hydrogens is 268 g/mol.